The second-order valence-electron chi connectivity index (χ2n) is 4.37. The third-order valence-corrected chi connectivity index (χ3v) is 3.91. The van der Waals surface area contributed by atoms with Gasteiger partial charge in [-0.3, -0.25) is 9.78 Å². The Bertz CT molecular complexity index is 436. The van der Waals surface area contributed by atoms with Crippen LogP contribution >= 0.6 is 31.9 Å². The first kappa shape index (κ1) is 12.0. The second kappa shape index (κ2) is 4.45. The van der Waals surface area contributed by atoms with Gasteiger partial charge in [0.2, 0.25) is 5.91 Å². The van der Waals surface area contributed by atoms with Crippen molar-refractivity contribution < 1.29 is 4.79 Å². The Morgan fingerprint density at radius 2 is 2.31 bits per heavy atom. The van der Waals surface area contributed by atoms with Crippen LogP contribution in [0.4, 0.5) is 0 Å². The molecule has 3 nitrogen and oxygen atoms in total. The standard InChI is InChI=1S/C11H12Br2N2O/c1-11(3-2-10(16)15-11)5-9-8(13)4-7(12)6-14-9/h4,6H,2-3,5H2,1H3,(H,15,16). The van der Waals surface area contributed by atoms with E-state index in [-0.39, 0.29) is 11.4 Å². The topological polar surface area (TPSA) is 42.0 Å². The van der Waals surface area contributed by atoms with Crippen LogP contribution in [0.1, 0.15) is 25.5 Å². The SMILES string of the molecule is CC1(Cc2ncc(Br)cc2Br)CCC(=O)N1. The molecule has 1 amide bonds. The summed E-state index contributed by atoms with van der Waals surface area (Å²) in [4.78, 5) is 15.6. The minimum Gasteiger partial charge on any atom is -0.351 e. The van der Waals surface area contributed by atoms with Gasteiger partial charge in [0.1, 0.15) is 0 Å². The zero-order chi connectivity index (χ0) is 11.8. The van der Waals surface area contributed by atoms with E-state index in [1.54, 1.807) is 6.20 Å². The van der Waals surface area contributed by atoms with Crippen LogP contribution in [0, 0.1) is 0 Å². The second-order valence-corrected chi connectivity index (χ2v) is 6.14. The van der Waals surface area contributed by atoms with Crippen molar-refractivity contribution in [3.8, 4) is 0 Å². The summed E-state index contributed by atoms with van der Waals surface area (Å²) < 4.78 is 1.92. The van der Waals surface area contributed by atoms with Crippen LogP contribution in [0.15, 0.2) is 21.2 Å². The number of hydrogen-bond acceptors (Lipinski definition) is 2. The largest absolute Gasteiger partial charge is 0.351 e. The molecular weight excluding hydrogens is 336 g/mol. The number of carbonyl (C=O) groups is 1. The normalized spacial score (nSPS) is 24.6. The highest BCUT2D eigenvalue weighted by molar-refractivity contribution is 9.11. The average Bonchev–Trinajstić information content (AvgIpc) is 2.52. The van der Waals surface area contributed by atoms with Crippen LogP contribution in [0.3, 0.4) is 0 Å². The van der Waals surface area contributed by atoms with Gasteiger partial charge in [-0.1, -0.05) is 0 Å². The Hall–Kier alpha value is -0.420. The Balaban J connectivity index is 2.17. The molecule has 1 aliphatic rings. The molecular formula is C11H12Br2N2O. The number of hydrogen-bond donors (Lipinski definition) is 1. The predicted octanol–water partition coefficient (Wildman–Crippen LogP) is 2.82. The van der Waals surface area contributed by atoms with E-state index in [0.29, 0.717) is 6.42 Å². The van der Waals surface area contributed by atoms with Gasteiger partial charge in [-0.05, 0) is 51.3 Å². The smallest absolute Gasteiger partial charge is 0.220 e. The molecule has 1 unspecified atom stereocenters. The van der Waals surface area contributed by atoms with Crippen LogP contribution in [0.25, 0.3) is 0 Å². The molecule has 1 N–H and O–H groups in total. The number of amides is 1. The summed E-state index contributed by atoms with van der Waals surface area (Å²) >= 11 is 6.86. The molecule has 1 atom stereocenters. The highest BCUT2D eigenvalue weighted by Crippen LogP contribution is 2.27. The van der Waals surface area contributed by atoms with Crippen LogP contribution < -0.4 is 5.32 Å². The maximum atomic E-state index is 11.2. The zero-order valence-corrected chi connectivity index (χ0v) is 12.1. The molecule has 0 aromatic carbocycles. The van der Waals surface area contributed by atoms with Gasteiger partial charge in [0.25, 0.3) is 0 Å². The maximum absolute atomic E-state index is 11.2. The molecule has 16 heavy (non-hydrogen) atoms. The van der Waals surface area contributed by atoms with E-state index in [0.717, 1.165) is 27.5 Å². The predicted molar refractivity (Wildman–Crippen MR) is 69.1 cm³/mol. The number of carbonyl (C=O) groups excluding carboxylic acids is 1. The first-order valence-corrected chi connectivity index (χ1v) is 6.68. The van der Waals surface area contributed by atoms with Crippen molar-refractivity contribution in [2.24, 2.45) is 0 Å². The summed E-state index contributed by atoms with van der Waals surface area (Å²) in [5, 5.41) is 3.01. The third-order valence-electron chi connectivity index (χ3n) is 2.79. The van der Waals surface area contributed by atoms with Crippen molar-refractivity contribution in [2.45, 2.75) is 31.7 Å². The first-order valence-electron chi connectivity index (χ1n) is 5.09. The summed E-state index contributed by atoms with van der Waals surface area (Å²) in [7, 11) is 0. The minimum atomic E-state index is -0.152. The fraction of sp³-hybridized carbons (Fsp3) is 0.455. The van der Waals surface area contributed by atoms with Gasteiger partial charge in [0.05, 0.1) is 5.69 Å². The van der Waals surface area contributed by atoms with Crippen molar-refractivity contribution in [3.05, 3.63) is 26.9 Å². The molecule has 0 bridgehead atoms. The number of nitrogens with one attached hydrogen (secondary N) is 1. The zero-order valence-electron chi connectivity index (χ0n) is 8.89. The van der Waals surface area contributed by atoms with Gasteiger partial charge in [-0.15, -0.1) is 0 Å². The third kappa shape index (κ3) is 2.63. The molecule has 1 aromatic heterocycles. The summed E-state index contributed by atoms with van der Waals surface area (Å²) in [6.45, 7) is 2.06. The summed E-state index contributed by atoms with van der Waals surface area (Å²) in [6, 6.07) is 1.97. The Labute approximate surface area is 111 Å². The van der Waals surface area contributed by atoms with E-state index in [4.69, 9.17) is 0 Å². The summed E-state index contributed by atoms with van der Waals surface area (Å²) in [6.07, 6.45) is 4.02. The van der Waals surface area contributed by atoms with Gasteiger partial charge < -0.3 is 5.32 Å². The van der Waals surface area contributed by atoms with E-state index in [2.05, 4.69) is 49.1 Å². The van der Waals surface area contributed by atoms with Gasteiger partial charge in [0.15, 0.2) is 0 Å². The summed E-state index contributed by atoms with van der Waals surface area (Å²) in [5.74, 6) is 0.135. The van der Waals surface area contributed by atoms with Crippen molar-refractivity contribution in [3.63, 3.8) is 0 Å². The molecule has 2 rings (SSSR count). The molecule has 86 valence electrons. The quantitative estimate of drug-likeness (QED) is 0.893. The van der Waals surface area contributed by atoms with E-state index in [1.165, 1.54) is 0 Å². The number of aromatic nitrogens is 1. The van der Waals surface area contributed by atoms with Gasteiger partial charge in [-0.25, -0.2) is 0 Å². The number of pyridine rings is 1. The summed E-state index contributed by atoms with van der Waals surface area (Å²) in [5.41, 5.74) is 0.827. The first-order chi connectivity index (χ1) is 7.48. The molecule has 1 aliphatic heterocycles. The lowest BCUT2D eigenvalue weighted by atomic mass is 9.94. The number of halogens is 2. The number of rotatable bonds is 2. The molecule has 5 heteroatoms. The molecule has 1 aromatic rings. The van der Waals surface area contributed by atoms with Gasteiger partial charge in [-0.2, -0.15) is 0 Å². The lowest BCUT2D eigenvalue weighted by molar-refractivity contribution is -0.119. The Morgan fingerprint density at radius 1 is 1.56 bits per heavy atom. The van der Waals surface area contributed by atoms with Crippen LogP contribution in [0.5, 0.6) is 0 Å². The molecule has 0 spiro atoms. The lowest BCUT2D eigenvalue weighted by Crippen LogP contribution is -2.40. The fourth-order valence-electron chi connectivity index (χ4n) is 1.93. The molecule has 0 aliphatic carbocycles. The molecule has 0 saturated carbocycles. The molecule has 2 heterocycles. The average molecular weight is 348 g/mol. The molecule has 1 fully saturated rings. The minimum absolute atomic E-state index is 0.135. The van der Waals surface area contributed by atoms with Crippen LogP contribution in [-0.2, 0) is 11.2 Å². The van der Waals surface area contributed by atoms with E-state index in [1.807, 2.05) is 6.07 Å². The van der Waals surface area contributed by atoms with E-state index >= 15 is 0 Å². The van der Waals surface area contributed by atoms with E-state index in [9.17, 15) is 4.79 Å². The van der Waals surface area contributed by atoms with Crippen LogP contribution in [-0.4, -0.2) is 16.4 Å². The highest BCUT2D eigenvalue weighted by atomic mass is 79.9. The monoisotopic (exact) mass is 346 g/mol. The Kier molecular flexibility index (Phi) is 3.35. The fourth-order valence-corrected chi connectivity index (χ4v) is 3.05. The van der Waals surface area contributed by atoms with Crippen molar-refractivity contribution in [2.75, 3.05) is 0 Å². The Morgan fingerprint density at radius 3 is 2.88 bits per heavy atom. The van der Waals surface area contributed by atoms with Crippen LogP contribution in [0.2, 0.25) is 0 Å². The maximum Gasteiger partial charge on any atom is 0.220 e. The van der Waals surface area contributed by atoms with Crippen molar-refractivity contribution in [1.82, 2.24) is 10.3 Å². The van der Waals surface area contributed by atoms with Gasteiger partial charge >= 0.3 is 0 Å². The molecule has 1 saturated heterocycles. The lowest BCUT2D eigenvalue weighted by Gasteiger charge is -2.23. The van der Waals surface area contributed by atoms with Gasteiger partial charge in [0, 0.05) is 33.5 Å². The van der Waals surface area contributed by atoms with Crippen molar-refractivity contribution >= 4 is 37.8 Å². The highest BCUT2D eigenvalue weighted by Gasteiger charge is 2.33. The van der Waals surface area contributed by atoms with Crippen molar-refractivity contribution in [1.29, 1.82) is 0 Å². The number of nitrogens with zero attached hydrogens (tertiary/aromatic N) is 1. The molecule has 0 radical (unpaired) electrons. The van der Waals surface area contributed by atoms with E-state index < -0.39 is 0 Å².